The van der Waals surface area contributed by atoms with E-state index in [4.69, 9.17) is 10.8 Å². The van der Waals surface area contributed by atoms with Crippen LogP contribution in [0.5, 0.6) is 0 Å². The second-order valence-electron chi connectivity index (χ2n) is 5.04. The summed E-state index contributed by atoms with van der Waals surface area (Å²) in [5.74, 6) is 0.594. The van der Waals surface area contributed by atoms with Crippen molar-refractivity contribution in [1.29, 1.82) is 0 Å². The molecule has 0 heterocycles. The molecule has 0 atom stereocenters. The van der Waals surface area contributed by atoms with Crippen LogP contribution in [-0.2, 0) is 4.79 Å². The molecule has 86 valence electrons. The number of aliphatic hydroxyl groups is 1. The molecule has 0 aromatic rings. The van der Waals surface area contributed by atoms with Crippen molar-refractivity contribution in [2.24, 2.45) is 17.1 Å². The van der Waals surface area contributed by atoms with Gasteiger partial charge < -0.3 is 16.2 Å². The predicted molar refractivity (Wildman–Crippen MR) is 57.1 cm³/mol. The Balaban J connectivity index is 1.72. The maximum absolute atomic E-state index is 11.9. The van der Waals surface area contributed by atoms with Crippen LogP contribution in [0.4, 0.5) is 0 Å². The van der Waals surface area contributed by atoms with E-state index < -0.39 is 0 Å². The lowest BCUT2D eigenvalue weighted by Gasteiger charge is -2.40. The molecule has 0 radical (unpaired) electrons. The third-order valence-electron chi connectivity index (χ3n) is 3.95. The number of hydrogen-bond donors (Lipinski definition) is 3. The minimum Gasteiger partial charge on any atom is -0.393 e. The molecule has 4 nitrogen and oxygen atoms in total. The van der Waals surface area contributed by atoms with Crippen molar-refractivity contribution >= 4 is 5.91 Å². The summed E-state index contributed by atoms with van der Waals surface area (Å²) in [6.07, 6.45) is 4.50. The molecule has 2 fully saturated rings. The summed E-state index contributed by atoms with van der Waals surface area (Å²) < 4.78 is 0. The lowest BCUT2D eigenvalue weighted by Crippen LogP contribution is -2.52. The standard InChI is InChI=1S/C11H20N2O2/c12-7-11(2-1-3-11)10(15)13-6-8-4-9(14)5-8/h8-9,14H,1-7,12H2,(H,13,15). The zero-order valence-electron chi connectivity index (χ0n) is 9.04. The molecule has 0 unspecified atom stereocenters. The van der Waals surface area contributed by atoms with E-state index in [1.54, 1.807) is 0 Å². The molecule has 2 saturated carbocycles. The fourth-order valence-electron chi connectivity index (χ4n) is 2.42. The van der Waals surface area contributed by atoms with Crippen molar-refractivity contribution in [3.8, 4) is 0 Å². The van der Waals surface area contributed by atoms with E-state index in [0.717, 1.165) is 32.1 Å². The molecule has 2 aliphatic carbocycles. The maximum Gasteiger partial charge on any atom is 0.227 e. The van der Waals surface area contributed by atoms with Gasteiger partial charge >= 0.3 is 0 Å². The highest BCUT2D eigenvalue weighted by atomic mass is 16.3. The molecule has 0 aromatic heterocycles. The summed E-state index contributed by atoms with van der Waals surface area (Å²) in [6.45, 7) is 1.17. The Morgan fingerprint density at radius 3 is 2.53 bits per heavy atom. The second-order valence-corrected chi connectivity index (χ2v) is 5.04. The number of carbonyl (C=O) groups is 1. The number of carbonyl (C=O) groups excluding carboxylic acids is 1. The van der Waals surface area contributed by atoms with Gasteiger partial charge in [-0.1, -0.05) is 6.42 Å². The van der Waals surface area contributed by atoms with Gasteiger partial charge in [0.15, 0.2) is 0 Å². The van der Waals surface area contributed by atoms with Gasteiger partial charge in [-0.3, -0.25) is 4.79 Å². The number of hydrogen-bond acceptors (Lipinski definition) is 3. The summed E-state index contributed by atoms with van der Waals surface area (Å²) in [5.41, 5.74) is 5.38. The van der Waals surface area contributed by atoms with E-state index in [1.807, 2.05) is 0 Å². The first-order chi connectivity index (χ1) is 7.16. The molecule has 2 aliphatic rings. The maximum atomic E-state index is 11.9. The van der Waals surface area contributed by atoms with Crippen molar-refractivity contribution in [2.75, 3.05) is 13.1 Å². The average Bonchev–Trinajstić information content (AvgIpc) is 2.09. The highest BCUT2D eigenvalue weighted by Gasteiger charge is 2.43. The molecular weight excluding hydrogens is 192 g/mol. The van der Waals surface area contributed by atoms with Gasteiger partial charge in [0.1, 0.15) is 0 Å². The van der Waals surface area contributed by atoms with E-state index in [2.05, 4.69) is 5.32 Å². The molecule has 2 rings (SSSR count). The highest BCUT2D eigenvalue weighted by Crippen LogP contribution is 2.40. The van der Waals surface area contributed by atoms with Crippen LogP contribution in [-0.4, -0.2) is 30.2 Å². The zero-order chi connectivity index (χ0) is 10.9. The Hall–Kier alpha value is -0.610. The Morgan fingerprint density at radius 2 is 2.13 bits per heavy atom. The van der Waals surface area contributed by atoms with E-state index in [0.29, 0.717) is 19.0 Å². The van der Waals surface area contributed by atoms with Gasteiger partial charge in [0, 0.05) is 13.1 Å². The van der Waals surface area contributed by atoms with Gasteiger partial charge in [-0.15, -0.1) is 0 Å². The van der Waals surface area contributed by atoms with E-state index in [-0.39, 0.29) is 17.4 Å². The van der Waals surface area contributed by atoms with Crippen molar-refractivity contribution in [3.05, 3.63) is 0 Å². The lowest BCUT2D eigenvalue weighted by atomic mass is 9.68. The smallest absolute Gasteiger partial charge is 0.227 e. The summed E-state index contributed by atoms with van der Waals surface area (Å²) in [7, 11) is 0. The summed E-state index contributed by atoms with van der Waals surface area (Å²) in [6, 6.07) is 0. The van der Waals surface area contributed by atoms with E-state index >= 15 is 0 Å². The zero-order valence-corrected chi connectivity index (χ0v) is 9.04. The summed E-state index contributed by atoms with van der Waals surface area (Å²) >= 11 is 0. The van der Waals surface area contributed by atoms with Crippen LogP contribution in [0.3, 0.4) is 0 Å². The molecule has 4 heteroatoms. The lowest BCUT2D eigenvalue weighted by molar-refractivity contribution is -0.135. The van der Waals surface area contributed by atoms with Gasteiger partial charge in [-0.05, 0) is 31.6 Å². The van der Waals surface area contributed by atoms with Crippen LogP contribution in [0.2, 0.25) is 0 Å². The van der Waals surface area contributed by atoms with Gasteiger partial charge in [0.25, 0.3) is 0 Å². The van der Waals surface area contributed by atoms with E-state index in [9.17, 15) is 4.79 Å². The van der Waals surface area contributed by atoms with Crippen LogP contribution in [0.25, 0.3) is 0 Å². The van der Waals surface area contributed by atoms with Crippen molar-refractivity contribution in [2.45, 2.75) is 38.2 Å². The SMILES string of the molecule is NCC1(C(=O)NCC2CC(O)C2)CCC1. The van der Waals surface area contributed by atoms with Crippen LogP contribution < -0.4 is 11.1 Å². The normalized spacial score (nSPS) is 32.7. The summed E-state index contributed by atoms with van der Waals surface area (Å²) in [5, 5.41) is 12.1. The molecule has 0 spiro atoms. The van der Waals surface area contributed by atoms with Crippen LogP contribution in [0.1, 0.15) is 32.1 Å². The Bertz CT molecular complexity index is 239. The molecule has 0 aromatic carbocycles. The topological polar surface area (TPSA) is 75.4 Å². The Kier molecular flexibility index (Phi) is 2.98. The molecule has 1 amide bonds. The van der Waals surface area contributed by atoms with Gasteiger partial charge in [-0.25, -0.2) is 0 Å². The van der Waals surface area contributed by atoms with Crippen molar-refractivity contribution in [3.63, 3.8) is 0 Å². The van der Waals surface area contributed by atoms with Gasteiger partial charge in [-0.2, -0.15) is 0 Å². The van der Waals surface area contributed by atoms with Crippen molar-refractivity contribution in [1.82, 2.24) is 5.32 Å². The van der Waals surface area contributed by atoms with Gasteiger partial charge in [0.05, 0.1) is 11.5 Å². The minimum atomic E-state index is -0.262. The van der Waals surface area contributed by atoms with E-state index in [1.165, 1.54) is 0 Å². The first-order valence-electron chi connectivity index (χ1n) is 5.83. The molecule has 0 aliphatic heterocycles. The fourth-order valence-corrected chi connectivity index (χ4v) is 2.42. The third-order valence-corrected chi connectivity index (χ3v) is 3.95. The number of nitrogens with two attached hydrogens (primary N) is 1. The Morgan fingerprint density at radius 1 is 1.47 bits per heavy atom. The van der Waals surface area contributed by atoms with Crippen LogP contribution in [0.15, 0.2) is 0 Å². The fraction of sp³-hybridized carbons (Fsp3) is 0.909. The molecular formula is C11H20N2O2. The first kappa shape index (κ1) is 10.9. The summed E-state index contributed by atoms with van der Waals surface area (Å²) in [4.78, 5) is 11.9. The average molecular weight is 212 g/mol. The monoisotopic (exact) mass is 212 g/mol. The highest BCUT2D eigenvalue weighted by molar-refractivity contribution is 5.83. The van der Waals surface area contributed by atoms with Gasteiger partial charge in [0.2, 0.25) is 5.91 Å². The number of aliphatic hydroxyl groups excluding tert-OH is 1. The molecule has 0 bridgehead atoms. The predicted octanol–water partition coefficient (Wildman–Crippen LogP) is 0.00250. The van der Waals surface area contributed by atoms with Crippen LogP contribution >= 0.6 is 0 Å². The Labute approximate surface area is 90.2 Å². The molecule has 4 N–H and O–H groups in total. The second kappa shape index (κ2) is 4.10. The number of amides is 1. The number of nitrogens with one attached hydrogen (secondary N) is 1. The largest absolute Gasteiger partial charge is 0.393 e. The first-order valence-corrected chi connectivity index (χ1v) is 5.83. The minimum absolute atomic E-state index is 0.123. The molecule has 0 saturated heterocycles. The van der Waals surface area contributed by atoms with Crippen molar-refractivity contribution < 1.29 is 9.90 Å². The quantitative estimate of drug-likeness (QED) is 0.614. The number of rotatable bonds is 4. The third kappa shape index (κ3) is 2.01. The molecule has 15 heavy (non-hydrogen) atoms. The van der Waals surface area contributed by atoms with Crippen LogP contribution in [0, 0.1) is 11.3 Å².